The van der Waals surface area contributed by atoms with Crippen molar-refractivity contribution in [1.82, 2.24) is 0 Å². The van der Waals surface area contributed by atoms with Crippen molar-refractivity contribution in [3.63, 3.8) is 0 Å². The Kier molecular flexibility index (Phi) is 63.1. The maximum Gasteiger partial charge on any atom is 0.306 e. The number of carbonyl (C=O) groups excluding carboxylic acids is 3. The van der Waals surface area contributed by atoms with E-state index in [0.29, 0.717) is 19.3 Å². The predicted octanol–water partition coefficient (Wildman–Crippen LogP) is 23.2. The van der Waals surface area contributed by atoms with Crippen LogP contribution in [0.1, 0.15) is 374 Å². The summed E-state index contributed by atoms with van der Waals surface area (Å²) in [6.07, 6.45) is 80.2. The van der Waals surface area contributed by atoms with E-state index in [1.165, 1.54) is 257 Å². The Labute approximate surface area is 474 Å². The van der Waals surface area contributed by atoms with Crippen LogP contribution in [-0.4, -0.2) is 37.2 Å². The summed E-state index contributed by atoms with van der Waals surface area (Å²) in [6, 6.07) is 0. The second-order valence-electron chi connectivity index (χ2n) is 23.1. The number of unbranched alkanes of at least 4 members (excludes halogenated alkanes) is 46. The Balaban J connectivity index is 4.25. The normalized spacial score (nSPS) is 12.2. The SMILES string of the molecule is CCCC/C=C\C/C=C\CCCCCCCC(=O)OCC(COC(=O)CCCCCCCCCCCCCCCCCCCCCCCCCCC)OC(=O)CCCCCCCCCCC/C=C\CCCCCCCC. The van der Waals surface area contributed by atoms with Crippen LogP contribution < -0.4 is 0 Å². The van der Waals surface area contributed by atoms with Crippen LogP contribution in [0.2, 0.25) is 0 Å². The second kappa shape index (κ2) is 65.2. The highest BCUT2D eigenvalue weighted by Gasteiger charge is 2.19. The van der Waals surface area contributed by atoms with Gasteiger partial charge in [0.05, 0.1) is 0 Å². The predicted molar refractivity (Wildman–Crippen MR) is 330 cm³/mol. The molecule has 0 aromatic rings. The van der Waals surface area contributed by atoms with Gasteiger partial charge in [0.25, 0.3) is 0 Å². The summed E-state index contributed by atoms with van der Waals surface area (Å²) in [4.78, 5) is 38.4. The summed E-state index contributed by atoms with van der Waals surface area (Å²) in [6.45, 7) is 6.65. The van der Waals surface area contributed by atoms with E-state index in [9.17, 15) is 14.4 Å². The van der Waals surface area contributed by atoms with Gasteiger partial charge in [-0.3, -0.25) is 14.4 Å². The average Bonchev–Trinajstić information content (AvgIpc) is 3.42. The lowest BCUT2D eigenvalue weighted by molar-refractivity contribution is -0.167. The lowest BCUT2D eigenvalue weighted by atomic mass is 10.0. The maximum atomic E-state index is 12.9. The van der Waals surface area contributed by atoms with Crippen molar-refractivity contribution in [3.05, 3.63) is 36.5 Å². The van der Waals surface area contributed by atoms with E-state index < -0.39 is 6.10 Å². The lowest BCUT2D eigenvalue weighted by Crippen LogP contribution is -2.30. The molecule has 0 aromatic carbocycles. The van der Waals surface area contributed by atoms with Gasteiger partial charge in [-0.1, -0.05) is 320 Å². The van der Waals surface area contributed by atoms with Crippen molar-refractivity contribution in [3.8, 4) is 0 Å². The summed E-state index contributed by atoms with van der Waals surface area (Å²) in [5, 5.41) is 0. The van der Waals surface area contributed by atoms with Gasteiger partial charge in [-0.2, -0.15) is 0 Å². The van der Waals surface area contributed by atoms with E-state index in [1.54, 1.807) is 0 Å². The highest BCUT2D eigenvalue weighted by Crippen LogP contribution is 2.18. The third-order valence-electron chi connectivity index (χ3n) is 15.4. The second-order valence-corrected chi connectivity index (χ2v) is 23.1. The molecule has 0 aliphatic carbocycles. The molecule has 76 heavy (non-hydrogen) atoms. The topological polar surface area (TPSA) is 78.9 Å². The van der Waals surface area contributed by atoms with E-state index in [2.05, 4.69) is 57.2 Å². The zero-order valence-electron chi connectivity index (χ0n) is 51.3. The Morgan fingerprint density at radius 1 is 0.263 bits per heavy atom. The van der Waals surface area contributed by atoms with Crippen molar-refractivity contribution >= 4 is 17.9 Å². The van der Waals surface area contributed by atoms with Crippen molar-refractivity contribution in [1.29, 1.82) is 0 Å². The van der Waals surface area contributed by atoms with Gasteiger partial charge in [-0.05, 0) is 70.6 Å². The third kappa shape index (κ3) is 62.5. The third-order valence-corrected chi connectivity index (χ3v) is 15.4. The Morgan fingerprint density at radius 3 is 0.776 bits per heavy atom. The summed E-state index contributed by atoms with van der Waals surface area (Å²) < 4.78 is 17.0. The summed E-state index contributed by atoms with van der Waals surface area (Å²) in [5.74, 6) is -0.864. The molecular weight excluding hydrogens is 937 g/mol. The molecule has 0 fully saturated rings. The standard InChI is InChI=1S/C70H130O6/c1-4-7-10-13-16-19-22-25-28-30-32-33-34-35-36-37-39-40-42-45-48-51-54-57-60-63-69(72)75-66-67(65-74-68(71)62-59-56-53-50-47-44-27-24-21-18-15-12-9-6-3)76-70(73)64-61-58-55-52-49-46-43-41-38-31-29-26-23-20-17-14-11-8-5-2/h15,18,24,26-27,29,67H,4-14,16-17,19-23,25,28,30-66H2,1-3H3/b18-15-,27-24-,29-26-. The molecule has 1 atom stereocenters. The van der Waals surface area contributed by atoms with Gasteiger partial charge in [0, 0.05) is 19.3 Å². The van der Waals surface area contributed by atoms with Gasteiger partial charge in [-0.15, -0.1) is 0 Å². The van der Waals surface area contributed by atoms with Crippen LogP contribution in [0.15, 0.2) is 36.5 Å². The van der Waals surface area contributed by atoms with Crippen LogP contribution in [0.25, 0.3) is 0 Å². The fraction of sp³-hybridized carbons (Fsp3) is 0.871. The number of esters is 3. The molecule has 0 amide bonds. The summed E-state index contributed by atoms with van der Waals surface area (Å²) >= 11 is 0. The Bertz CT molecular complexity index is 1270. The van der Waals surface area contributed by atoms with Crippen molar-refractivity contribution in [2.75, 3.05) is 13.2 Å². The van der Waals surface area contributed by atoms with E-state index in [0.717, 1.165) is 77.0 Å². The number of carbonyl (C=O) groups is 3. The number of allylic oxidation sites excluding steroid dienone is 6. The molecule has 0 N–H and O–H groups in total. The average molecular weight is 1070 g/mol. The minimum Gasteiger partial charge on any atom is -0.462 e. The first-order valence-corrected chi connectivity index (χ1v) is 34.0. The fourth-order valence-electron chi connectivity index (χ4n) is 10.2. The van der Waals surface area contributed by atoms with Crippen LogP contribution in [0.3, 0.4) is 0 Å². The first-order valence-electron chi connectivity index (χ1n) is 34.0. The highest BCUT2D eigenvalue weighted by atomic mass is 16.6. The minimum absolute atomic E-state index is 0.0731. The molecule has 0 radical (unpaired) electrons. The number of hydrogen-bond acceptors (Lipinski definition) is 6. The zero-order valence-corrected chi connectivity index (χ0v) is 51.3. The molecule has 446 valence electrons. The van der Waals surface area contributed by atoms with Gasteiger partial charge in [0.2, 0.25) is 0 Å². The monoisotopic (exact) mass is 1070 g/mol. The highest BCUT2D eigenvalue weighted by molar-refractivity contribution is 5.71. The largest absolute Gasteiger partial charge is 0.462 e. The van der Waals surface area contributed by atoms with E-state index >= 15 is 0 Å². The van der Waals surface area contributed by atoms with Gasteiger partial charge in [-0.25, -0.2) is 0 Å². The van der Waals surface area contributed by atoms with Crippen molar-refractivity contribution in [2.24, 2.45) is 0 Å². The molecular formula is C70H130O6. The van der Waals surface area contributed by atoms with Gasteiger partial charge >= 0.3 is 17.9 Å². The van der Waals surface area contributed by atoms with Crippen molar-refractivity contribution < 1.29 is 28.6 Å². The minimum atomic E-state index is -0.778. The zero-order chi connectivity index (χ0) is 55.0. The van der Waals surface area contributed by atoms with E-state index in [1.807, 2.05) is 0 Å². The number of rotatable bonds is 63. The maximum absolute atomic E-state index is 12.9. The van der Waals surface area contributed by atoms with Gasteiger partial charge < -0.3 is 14.2 Å². The van der Waals surface area contributed by atoms with Crippen LogP contribution in [0, 0.1) is 0 Å². The molecule has 0 aromatic heterocycles. The molecule has 0 bridgehead atoms. The molecule has 0 rings (SSSR count). The molecule has 0 spiro atoms. The first kappa shape index (κ1) is 73.6. The molecule has 0 saturated carbocycles. The van der Waals surface area contributed by atoms with Crippen LogP contribution in [-0.2, 0) is 28.6 Å². The number of ether oxygens (including phenoxy) is 3. The van der Waals surface area contributed by atoms with Crippen LogP contribution >= 0.6 is 0 Å². The van der Waals surface area contributed by atoms with Crippen molar-refractivity contribution in [2.45, 2.75) is 380 Å². The van der Waals surface area contributed by atoms with E-state index in [4.69, 9.17) is 14.2 Å². The lowest BCUT2D eigenvalue weighted by Gasteiger charge is -2.18. The Hall–Kier alpha value is -2.37. The van der Waals surface area contributed by atoms with Crippen LogP contribution in [0.5, 0.6) is 0 Å². The quantitative estimate of drug-likeness (QED) is 0.0261. The van der Waals surface area contributed by atoms with Gasteiger partial charge in [0.15, 0.2) is 6.10 Å². The smallest absolute Gasteiger partial charge is 0.306 e. The molecule has 0 heterocycles. The molecule has 1 unspecified atom stereocenters. The molecule has 6 nitrogen and oxygen atoms in total. The molecule has 0 aliphatic heterocycles. The summed E-state index contributed by atoms with van der Waals surface area (Å²) in [7, 11) is 0. The molecule has 6 heteroatoms. The molecule has 0 aliphatic rings. The van der Waals surface area contributed by atoms with Gasteiger partial charge in [0.1, 0.15) is 13.2 Å². The summed E-state index contributed by atoms with van der Waals surface area (Å²) in [5.41, 5.74) is 0. The fourth-order valence-corrected chi connectivity index (χ4v) is 10.2. The van der Waals surface area contributed by atoms with E-state index in [-0.39, 0.29) is 31.1 Å². The number of hydrogen-bond donors (Lipinski definition) is 0. The Morgan fingerprint density at radius 2 is 0.487 bits per heavy atom. The molecule has 0 saturated heterocycles. The first-order chi connectivity index (χ1) is 37.5. The van der Waals surface area contributed by atoms with Crippen LogP contribution in [0.4, 0.5) is 0 Å².